The molecule has 0 saturated carbocycles. The van der Waals surface area contributed by atoms with Crippen LogP contribution in [0.5, 0.6) is 0 Å². The summed E-state index contributed by atoms with van der Waals surface area (Å²) in [4.78, 5) is 77.2. The van der Waals surface area contributed by atoms with Crippen molar-refractivity contribution >= 4 is 97.2 Å². The van der Waals surface area contributed by atoms with E-state index in [4.69, 9.17) is 59.8 Å². The normalized spacial score (nSPS) is 12.1. The van der Waals surface area contributed by atoms with Crippen LogP contribution in [0.3, 0.4) is 0 Å². The molecule has 82 heavy (non-hydrogen) atoms. The molecule has 16 bridgehead atoms. The van der Waals surface area contributed by atoms with Crippen LogP contribution in [0, 0.1) is 0 Å². The molecular weight excluding hydrogens is 1120 g/mol. The van der Waals surface area contributed by atoms with E-state index in [-0.39, 0.29) is 17.1 Å². The summed E-state index contributed by atoms with van der Waals surface area (Å²) in [5.41, 5.74) is 11.7. The molecule has 0 spiro atoms. The van der Waals surface area contributed by atoms with E-state index in [0.29, 0.717) is 91.8 Å². The molecule has 0 aliphatic carbocycles. The second-order valence-corrected chi connectivity index (χ2v) is 21.1. The average Bonchev–Trinajstić information content (AvgIpc) is 4.60. The summed E-state index contributed by atoms with van der Waals surface area (Å²) >= 11 is 1.74. The summed E-state index contributed by atoms with van der Waals surface area (Å²) in [6, 6.07) is 60.8. The number of hydrogen-bond donors (Lipinski definition) is 4. The van der Waals surface area contributed by atoms with Gasteiger partial charge in [0.15, 0.2) is 0 Å². The molecule has 18 rings (SSSR count). The van der Waals surface area contributed by atoms with Gasteiger partial charge >= 0.3 is 453 Å². The predicted octanol–water partition coefficient (Wildman–Crippen LogP) is 12.1. The van der Waals surface area contributed by atoms with Gasteiger partial charge in [-0.05, 0) is 0 Å². The standard InChI is InChI=1S/2C32H17N8.2Cu/c2*1-2-10-18-17(9-1)25-33-26(18)38-28-21-13-5-6-14-22(21)30(35-28)40-32-24-16-8-7-15-23(24)31(36-32)39-29-20-12-4-3-11-19(20)27(34-29)37-25;;/h2*1-15H,(H2,33,34,35,36,37,38,39,40);;. The number of nitrogens with zero attached hydrogens (tertiary/aromatic N) is 12. The fourth-order valence-electron chi connectivity index (χ4n) is 11.5. The van der Waals surface area contributed by atoms with Crippen molar-refractivity contribution in [2.75, 3.05) is 0 Å². The molecule has 14 aromatic rings. The predicted molar refractivity (Wildman–Crippen MR) is 311 cm³/mol. The average molecular weight is 1150 g/mol. The SMILES string of the molecule is [Cu].c1ccc2c(c1)-c1nc-2nc2[nH]c(nc3nc(nc4[nH]c(n1)c1ccccc41)-c1ccccc1-3)c1[c]([Cu][c]3cccc4c5nc6nc(nc7[nH]c(nc8nc(nc([nH]5)c34)-c3ccccc3-8)c3ccccc73)-c3ccccc3-6)cccc21. The molecule has 8 aromatic carbocycles. The van der Waals surface area contributed by atoms with Crippen molar-refractivity contribution < 1.29 is 32.0 Å². The van der Waals surface area contributed by atoms with Crippen molar-refractivity contribution in [1.29, 1.82) is 0 Å². The Morgan fingerprint density at radius 1 is 0.207 bits per heavy atom. The fourth-order valence-corrected chi connectivity index (χ4v) is 12.8. The van der Waals surface area contributed by atoms with Gasteiger partial charge in [-0.25, -0.2) is 0 Å². The maximum atomic E-state index is 5.42. The van der Waals surface area contributed by atoms with Gasteiger partial charge in [-0.15, -0.1) is 0 Å². The van der Waals surface area contributed by atoms with E-state index < -0.39 is 0 Å². The van der Waals surface area contributed by atoms with Crippen LogP contribution in [0.1, 0.15) is 0 Å². The molecule has 1 radical (unpaired) electrons. The number of rotatable bonds is 2. The second kappa shape index (κ2) is 17.8. The number of fused-ring (bicyclic) bond motifs is 40. The molecule has 18 heteroatoms. The van der Waals surface area contributed by atoms with E-state index >= 15 is 0 Å². The first-order chi connectivity index (χ1) is 40.1. The maximum absolute atomic E-state index is 5.42. The molecular formula is C64H34Cu2N16. The van der Waals surface area contributed by atoms with Gasteiger partial charge in [0.2, 0.25) is 0 Å². The topological polar surface area (TPSA) is 218 Å². The third-order valence-electron chi connectivity index (χ3n) is 15.2. The van der Waals surface area contributed by atoms with Crippen molar-refractivity contribution in [1.82, 2.24) is 79.7 Å². The van der Waals surface area contributed by atoms with Crippen molar-refractivity contribution in [3.63, 3.8) is 0 Å². The van der Waals surface area contributed by atoms with E-state index in [9.17, 15) is 0 Å². The van der Waals surface area contributed by atoms with E-state index in [2.05, 4.69) is 44.2 Å². The number of nitrogens with one attached hydrogen (secondary N) is 4. The summed E-state index contributed by atoms with van der Waals surface area (Å²) < 4.78 is 1.79. The molecule has 0 fully saturated rings. The zero-order valence-electron chi connectivity index (χ0n) is 42.3. The van der Waals surface area contributed by atoms with Crippen LogP contribution in [-0.2, 0) is 32.0 Å². The third kappa shape index (κ3) is 7.03. The number of H-pyrrole nitrogens is 4. The molecule has 0 unspecified atom stereocenters. The van der Waals surface area contributed by atoms with Gasteiger partial charge in [-0.3, -0.25) is 0 Å². The minimum atomic E-state index is 0. The van der Waals surface area contributed by atoms with Gasteiger partial charge in [0, 0.05) is 17.1 Å². The number of aromatic nitrogens is 16. The van der Waals surface area contributed by atoms with Crippen molar-refractivity contribution in [3.8, 4) is 91.1 Å². The van der Waals surface area contributed by atoms with Crippen LogP contribution in [0.15, 0.2) is 182 Å². The number of aromatic amines is 4. The number of benzene rings is 8. The Balaban J connectivity index is 0.00000534. The van der Waals surface area contributed by atoms with Crippen molar-refractivity contribution in [2.45, 2.75) is 0 Å². The molecule has 392 valence electrons. The Bertz CT molecular complexity index is 5160. The molecule has 0 atom stereocenters. The van der Waals surface area contributed by atoms with Gasteiger partial charge in [-0.1, -0.05) is 12.1 Å². The molecule has 4 aliphatic rings. The zero-order valence-corrected chi connectivity index (χ0v) is 44.2. The molecule has 10 heterocycles. The van der Waals surface area contributed by atoms with Crippen molar-refractivity contribution in [3.05, 3.63) is 182 Å². The third-order valence-corrected chi connectivity index (χ3v) is 16.4. The molecule has 0 saturated heterocycles. The Kier molecular flexibility index (Phi) is 10.1. The van der Waals surface area contributed by atoms with Crippen molar-refractivity contribution in [2.24, 2.45) is 0 Å². The summed E-state index contributed by atoms with van der Waals surface area (Å²) in [6.45, 7) is 0. The van der Waals surface area contributed by atoms with E-state index in [1.165, 1.54) is 0 Å². The van der Waals surface area contributed by atoms with Gasteiger partial charge in [0.1, 0.15) is 0 Å². The zero-order chi connectivity index (χ0) is 52.9. The van der Waals surface area contributed by atoms with Gasteiger partial charge in [0.05, 0.1) is 0 Å². The van der Waals surface area contributed by atoms with Crippen LogP contribution >= 0.6 is 0 Å². The van der Waals surface area contributed by atoms with E-state index in [0.717, 1.165) is 96.5 Å². The van der Waals surface area contributed by atoms with E-state index in [1.807, 2.05) is 158 Å². The van der Waals surface area contributed by atoms with Gasteiger partial charge < -0.3 is 0 Å². The second-order valence-electron chi connectivity index (χ2n) is 19.8. The van der Waals surface area contributed by atoms with Gasteiger partial charge in [-0.2, -0.15) is 0 Å². The molecule has 0 amide bonds. The molecule has 4 N–H and O–H groups in total. The molecule has 16 nitrogen and oxygen atoms in total. The van der Waals surface area contributed by atoms with Crippen LogP contribution in [0.2, 0.25) is 0 Å². The first-order valence-electron chi connectivity index (χ1n) is 26.1. The Morgan fingerprint density at radius 2 is 0.415 bits per heavy atom. The van der Waals surface area contributed by atoms with Crippen LogP contribution in [-0.4, -0.2) is 79.7 Å². The first-order valence-corrected chi connectivity index (χ1v) is 27.1. The molecule has 4 aliphatic heterocycles. The van der Waals surface area contributed by atoms with E-state index in [1.54, 1.807) is 15.0 Å². The Hall–Kier alpha value is -10.5. The summed E-state index contributed by atoms with van der Waals surface area (Å²) in [5, 5.41) is 7.00. The summed E-state index contributed by atoms with van der Waals surface area (Å²) in [6.07, 6.45) is 0. The summed E-state index contributed by atoms with van der Waals surface area (Å²) in [5.74, 6) is 4.20. The number of hydrogen-bond acceptors (Lipinski definition) is 12. The molecule has 6 aromatic heterocycles. The first kappa shape index (κ1) is 46.4. The quantitative estimate of drug-likeness (QED) is 0.119. The van der Waals surface area contributed by atoms with Gasteiger partial charge in [0.25, 0.3) is 0 Å². The van der Waals surface area contributed by atoms with Crippen LogP contribution in [0.4, 0.5) is 0 Å². The Labute approximate surface area is 479 Å². The minimum absolute atomic E-state index is 0. The summed E-state index contributed by atoms with van der Waals surface area (Å²) in [7, 11) is 0. The van der Waals surface area contributed by atoms with Crippen LogP contribution < -0.4 is 8.92 Å². The fraction of sp³-hybridized carbons (Fsp3) is 0. The monoisotopic (exact) mass is 1150 g/mol. The Morgan fingerprint density at radius 3 is 0.683 bits per heavy atom. The van der Waals surface area contributed by atoms with Crippen LogP contribution in [0.25, 0.3) is 179 Å².